The molecule has 0 radical (unpaired) electrons. The number of carbonyl (C=O) groups is 1. The summed E-state index contributed by atoms with van der Waals surface area (Å²) in [7, 11) is 4.98. The van der Waals surface area contributed by atoms with Crippen molar-refractivity contribution < 1.29 is 19.4 Å². The highest BCUT2D eigenvalue weighted by molar-refractivity contribution is 6.32. The van der Waals surface area contributed by atoms with Gasteiger partial charge in [0.25, 0.3) is 0 Å². The van der Waals surface area contributed by atoms with Crippen LogP contribution in [0.4, 0.5) is 0 Å². The average molecular weight is 526 g/mol. The number of nitrogens with zero attached hydrogens (tertiary/aromatic N) is 2. The molecule has 0 aliphatic carbocycles. The van der Waals surface area contributed by atoms with E-state index in [2.05, 4.69) is 18.7 Å². The fourth-order valence-electron chi connectivity index (χ4n) is 4.30. The molecule has 1 N–H and O–H groups in total. The van der Waals surface area contributed by atoms with Crippen LogP contribution in [0.15, 0.2) is 36.4 Å². The van der Waals surface area contributed by atoms with Gasteiger partial charge in [0, 0.05) is 50.2 Å². The average Bonchev–Trinajstić information content (AvgIpc) is 2.80. The maximum Gasteiger partial charge on any atom is 0.209 e. The quantitative estimate of drug-likeness (QED) is 0.369. The van der Waals surface area contributed by atoms with Gasteiger partial charge in [-0.1, -0.05) is 49.2 Å². The zero-order chi connectivity index (χ0) is 26.2. The third-order valence-electron chi connectivity index (χ3n) is 6.39. The maximum absolute atomic E-state index is 11.5. The van der Waals surface area contributed by atoms with Crippen LogP contribution >= 0.6 is 23.2 Å². The molecule has 1 aliphatic heterocycles. The van der Waals surface area contributed by atoms with E-state index in [4.69, 9.17) is 32.7 Å². The summed E-state index contributed by atoms with van der Waals surface area (Å²) in [6, 6.07) is 11.3. The molecule has 1 aliphatic rings. The summed E-state index contributed by atoms with van der Waals surface area (Å²) in [5.74, 6) is 1.42. The molecule has 1 atom stereocenters. The molecule has 1 amide bonds. The Morgan fingerprint density at radius 1 is 1.14 bits per heavy atom. The van der Waals surface area contributed by atoms with E-state index >= 15 is 0 Å². The highest BCUT2D eigenvalue weighted by atomic mass is 35.5. The van der Waals surface area contributed by atoms with Gasteiger partial charge in [-0.2, -0.15) is 0 Å². The van der Waals surface area contributed by atoms with Gasteiger partial charge in [-0.3, -0.25) is 4.79 Å². The van der Waals surface area contributed by atoms with Crippen LogP contribution in [0.3, 0.4) is 0 Å². The predicted molar refractivity (Wildman–Crippen MR) is 143 cm³/mol. The number of carbonyl (C=O) groups excluding carboxylic acids is 1. The molecule has 2 aromatic rings. The Balaban J connectivity index is 0.000000784. The molecule has 3 rings (SSSR count). The lowest BCUT2D eigenvalue weighted by Crippen LogP contribution is -2.55. The molecule has 1 unspecified atom stereocenters. The first kappa shape index (κ1) is 29.2. The van der Waals surface area contributed by atoms with Crippen molar-refractivity contribution in [2.45, 2.75) is 39.2 Å². The van der Waals surface area contributed by atoms with Crippen LogP contribution in [0, 0.1) is 12.3 Å². The number of aryl methyl sites for hydroxylation is 1. The summed E-state index contributed by atoms with van der Waals surface area (Å²) in [5.41, 5.74) is 0.793. The van der Waals surface area contributed by atoms with Crippen molar-refractivity contribution in [1.29, 1.82) is 0 Å². The Kier molecular flexibility index (Phi) is 10.7. The topological polar surface area (TPSA) is 62.2 Å². The van der Waals surface area contributed by atoms with Crippen LogP contribution in [-0.2, 0) is 10.4 Å². The fourth-order valence-corrected chi connectivity index (χ4v) is 4.72. The Bertz CT molecular complexity index is 966. The highest BCUT2D eigenvalue weighted by Crippen LogP contribution is 2.46. The summed E-state index contributed by atoms with van der Waals surface area (Å²) >= 11 is 12.2. The van der Waals surface area contributed by atoms with Gasteiger partial charge in [-0.25, -0.2) is 0 Å². The van der Waals surface area contributed by atoms with Gasteiger partial charge in [0.1, 0.15) is 11.5 Å². The van der Waals surface area contributed by atoms with E-state index in [0.29, 0.717) is 28.8 Å². The second-order valence-electron chi connectivity index (χ2n) is 9.80. The summed E-state index contributed by atoms with van der Waals surface area (Å²) in [5, 5.41) is 12.8. The monoisotopic (exact) mass is 524 g/mol. The lowest BCUT2D eigenvalue weighted by molar-refractivity contribution is -0.125. The predicted octanol–water partition coefficient (Wildman–Crippen LogP) is 5.40. The van der Waals surface area contributed by atoms with E-state index in [1.165, 1.54) is 4.90 Å². The van der Waals surface area contributed by atoms with Crippen molar-refractivity contribution in [3.8, 4) is 11.5 Å². The Hall–Kier alpha value is -1.99. The van der Waals surface area contributed by atoms with Crippen molar-refractivity contribution in [3.63, 3.8) is 0 Å². The molecule has 35 heavy (non-hydrogen) atoms. The summed E-state index contributed by atoms with van der Waals surface area (Å²) in [6.45, 7) is 9.44. The van der Waals surface area contributed by atoms with Crippen molar-refractivity contribution in [1.82, 2.24) is 9.80 Å². The molecule has 1 fully saturated rings. The standard InChI is InChI=1S/C24H31Cl2NO3.C3H7NO/c1-17-14-20(26)22(29-4)15-21(17)30-13-5-11-27-12-10-24(28,23(2,3)16-27)18-6-8-19(25)9-7-18;1-4(2)3-5/h6-9,14-15,28H,5,10-13,16H2,1-4H3;3H,1-2H3. The minimum Gasteiger partial charge on any atom is -0.495 e. The summed E-state index contributed by atoms with van der Waals surface area (Å²) < 4.78 is 11.2. The van der Waals surface area contributed by atoms with Crippen molar-refractivity contribution in [2.24, 2.45) is 5.41 Å². The maximum atomic E-state index is 11.5. The summed E-state index contributed by atoms with van der Waals surface area (Å²) in [4.78, 5) is 13.3. The van der Waals surface area contributed by atoms with Gasteiger partial charge < -0.3 is 24.4 Å². The second kappa shape index (κ2) is 12.8. The molecular weight excluding hydrogens is 487 g/mol. The SMILES string of the molecule is CN(C)C=O.COc1cc(OCCCN2CCC(O)(c3ccc(Cl)cc3)C(C)(C)C2)c(C)cc1Cl. The van der Waals surface area contributed by atoms with Gasteiger partial charge in [-0.15, -0.1) is 0 Å². The van der Waals surface area contributed by atoms with Gasteiger partial charge in [0.2, 0.25) is 6.41 Å². The van der Waals surface area contributed by atoms with Gasteiger partial charge in [0.05, 0.1) is 24.3 Å². The Morgan fingerprint density at radius 3 is 2.31 bits per heavy atom. The van der Waals surface area contributed by atoms with Gasteiger partial charge in [0.15, 0.2) is 0 Å². The number of halogens is 2. The van der Waals surface area contributed by atoms with Crippen molar-refractivity contribution >= 4 is 29.6 Å². The van der Waals surface area contributed by atoms with Gasteiger partial charge >= 0.3 is 0 Å². The number of rotatable bonds is 8. The molecule has 0 aromatic heterocycles. The lowest BCUT2D eigenvalue weighted by atomic mass is 9.66. The van der Waals surface area contributed by atoms with E-state index in [1.54, 1.807) is 21.2 Å². The number of piperidine rings is 1. The van der Waals surface area contributed by atoms with Crippen LogP contribution in [-0.4, -0.2) is 68.8 Å². The first-order valence-corrected chi connectivity index (χ1v) is 12.5. The van der Waals surface area contributed by atoms with E-state index in [1.807, 2.05) is 43.3 Å². The fraction of sp³-hybridized carbons (Fsp3) is 0.519. The molecule has 194 valence electrons. The lowest BCUT2D eigenvalue weighted by Gasteiger charge is -2.50. The molecule has 1 heterocycles. The van der Waals surface area contributed by atoms with E-state index in [9.17, 15) is 9.90 Å². The third-order valence-corrected chi connectivity index (χ3v) is 6.93. The first-order chi connectivity index (χ1) is 16.4. The number of methoxy groups -OCH3 is 1. The van der Waals surface area contributed by atoms with E-state index in [-0.39, 0.29) is 5.41 Å². The summed E-state index contributed by atoms with van der Waals surface area (Å²) in [6.07, 6.45) is 2.34. The minimum absolute atomic E-state index is 0.278. The number of hydrogen-bond acceptors (Lipinski definition) is 5. The molecule has 2 aromatic carbocycles. The zero-order valence-electron chi connectivity index (χ0n) is 21.6. The molecule has 6 nitrogen and oxygen atoms in total. The van der Waals surface area contributed by atoms with Crippen LogP contribution < -0.4 is 9.47 Å². The van der Waals surface area contributed by atoms with Crippen LogP contribution in [0.1, 0.15) is 37.8 Å². The second-order valence-corrected chi connectivity index (χ2v) is 10.6. The number of benzene rings is 2. The largest absolute Gasteiger partial charge is 0.495 e. The minimum atomic E-state index is -0.860. The van der Waals surface area contributed by atoms with E-state index in [0.717, 1.165) is 49.3 Å². The molecule has 0 spiro atoms. The van der Waals surface area contributed by atoms with Crippen LogP contribution in [0.2, 0.25) is 10.0 Å². The number of hydrogen-bond donors (Lipinski definition) is 1. The third kappa shape index (κ3) is 7.74. The number of aliphatic hydroxyl groups is 1. The zero-order valence-corrected chi connectivity index (χ0v) is 23.1. The Morgan fingerprint density at radius 2 is 1.77 bits per heavy atom. The van der Waals surface area contributed by atoms with Crippen molar-refractivity contribution in [2.75, 3.05) is 47.4 Å². The Labute approximate surface area is 219 Å². The molecule has 0 bridgehead atoms. The van der Waals surface area contributed by atoms with Crippen LogP contribution in [0.25, 0.3) is 0 Å². The molecule has 1 saturated heterocycles. The smallest absolute Gasteiger partial charge is 0.209 e. The molecular formula is C27H38Cl2N2O4. The number of ether oxygens (including phenoxy) is 2. The van der Waals surface area contributed by atoms with E-state index < -0.39 is 5.60 Å². The van der Waals surface area contributed by atoms with Crippen LogP contribution in [0.5, 0.6) is 11.5 Å². The highest BCUT2D eigenvalue weighted by Gasteiger charge is 2.48. The van der Waals surface area contributed by atoms with Gasteiger partial charge in [-0.05, 0) is 49.1 Å². The normalized spacial score (nSPS) is 19.3. The molecule has 0 saturated carbocycles. The first-order valence-electron chi connectivity index (χ1n) is 11.7. The molecule has 8 heteroatoms. The number of likely N-dealkylation sites (tertiary alicyclic amines) is 1. The number of amides is 1. The van der Waals surface area contributed by atoms with Crippen molar-refractivity contribution in [3.05, 3.63) is 57.6 Å².